The van der Waals surface area contributed by atoms with Crippen LogP contribution < -0.4 is 4.90 Å². The van der Waals surface area contributed by atoms with Crippen LogP contribution in [0.5, 0.6) is 0 Å². The van der Waals surface area contributed by atoms with Crippen molar-refractivity contribution < 1.29 is 24.2 Å². The third-order valence-corrected chi connectivity index (χ3v) is 8.92. The predicted octanol–water partition coefficient (Wildman–Crippen LogP) is 2.71. The number of benzene rings is 1. The largest absolute Gasteiger partial charge is 0.394 e. The first-order chi connectivity index (χ1) is 17.7. The summed E-state index contributed by atoms with van der Waals surface area (Å²) in [6.07, 6.45) is 8.39. The summed E-state index contributed by atoms with van der Waals surface area (Å²) in [4.78, 5) is 47.3. The molecule has 1 aromatic rings. The molecule has 0 radical (unpaired) electrons. The van der Waals surface area contributed by atoms with E-state index in [0.29, 0.717) is 30.1 Å². The van der Waals surface area contributed by atoms with Crippen molar-refractivity contribution in [3.63, 3.8) is 0 Å². The van der Waals surface area contributed by atoms with Crippen LogP contribution in [0.15, 0.2) is 42.5 Å². The number of aryl methyl sites for hydroxylation is 1. The molecule has 0 aromatic heterocycles. The highest BCUT2D eigenvalue weighted by atomic mass is 35.5. The molecule has 2 fully saturated rings. The number of anilines is 1. The van der Waals surface area contributed by atoms with Crippen molar-refractivity contribution in [2.45, 2.75) is 56.9 Å². The molecule has 6 atom stereocenters. The third-order valence-electron chi connectivity index (χ3n) is 8.61. The van der Waals surface area contributed by atoms with E-state index in [4.69, 9.17) is 16.3 Å². The molecular weight excluding hydrogens is 494 g/mol. The summed E-state index contributed by atoms with van der Waals surface area (Å²) < 4.78 is 6.91. The molecule has 4 aliphatic rings. The Kier molecular flexibility index (Phi) is 6.49. The molecule has 5 rings (SSSR count). The number of ether oxygens (including phenoxy) is 1. The van der Waals surface area contributed by atoms with Crippen molar-refractivity contribution in [1.29, 1.82) is 0 Å². The lowest BCUT2D eigenvalue weighted by atomic mass is 9.73. The van der Waals surface area contributed by atoms with Crippen molar-refractivity contribution in [2.24, 2.45) is 11.8 Å². The molecule has 0 bridgehead atoms. The van der Waals surface area contributed by atoms with E-state index in [1.807, 2.05) is 57.2 Å². The van der Waals surface area contributed by atoms with E-state index >= 15 is 0 Å². The number of fused-ring (bicyclic) bond motifs is 2. The van der Waals surface area contributed by atoms with Crippen molar-refractivity contribution in [3.8, 4) is 0 Å². The molecule has 4 aliphatic heterocycles. The average molecular weight is 528 g/mol. The molecule has 0 aliphatic carbocycles. The fraction of sp³-hybridized carbons (Fsp3) is 0.536. The number of amides is 3. The van der Waals surface area contributed by atoms with Crippen LogP contribution in [0.1, 0.15) is 32.3 Å². The molecule has 37 heavy (non-hydrogen) atoms. The first kappa shape index (κ1) is 25.9. The molecule has 1 N–H and O–H groups in total. The second kappa shape index (κ2) is 9.26. The highest BCUT2D eigenvalue weighted by Crippen LogP contribution is 2.59. The summed E-state index contributed by atoms with van der Waals surface area (Å²) in [6.45, 7) is 6.05. The maximum atomic E-state index is 14.5. The van der Waals surface area contributed by atoms with Crippen LogP contribution in [-0.4, -0.2) is 82.7 Å². The number of likely N-dealkylation sites (tertiary alicyclic amines) is 1. The molecule has 3 amide bonds. The van der Waals surface area contributed by atoms with E-state index in [1.54, 1.807) is 22.9 Å². The maximum Gasteiger partial charge on any atom is 0.253 e. The van der Waals surface area contributed by atoms with Crippen LogP contribution in [0.4, 0.5) is 5.69 Å². The van der Waals surface area contributed by atoms with Crippen LogP contribution in [0.25, 0.3) is 0 Å². The molecule has 4 heterocycles. The fourth-order valence-electron chi connectivity index (χ4n) is 6.79. The normalized spacial score (nSPS) is 33.8. The van der Waals surface area contributed by atoms with Gasteiger partial charge in [-0.05, 0) is 31.4 Å². The van der Waals surface area contributed by atoms with Gasteiger partial charge in [-0.15, -0.1) is 0 Å². The van der Waals surface area contributed by atoms with E-state index < -0.39 is 35.1 Å². The number of halogens is 1. The monoisotopic (exact) mass is 527 g/mol. The minimum atomic E-state index is -1.36. The van der Waals surface area contributed by atoms with Gasteiger partial charge in [-0.2, -0.15) is 0 Å². The van der Waals surface area contributed by atoms with Crippen molar-refractivity contribution >= 4 is 35.0 Å². The SMILES string of the molecule is CC[C@@H](CO)N1C(=O)[C@@H]2[C@@H]3C(=O)N(C)CC=C[C@]3(CC)O[C@@]23C=CCN(c2c(C)cccc2Cl)C(=O)C13. The van der Waals surface area contributed by atoms with Crippen LogP contribution in [0.2, 0.25) is 5.02 Å². The molecule has 2 saturated heterocycles. The van der Waals surface area contributed by atoms with Gasteiger partial charge in [-0.3, -0.25) is 14.4 Å². The van der Waals surface area contributed by atoms with E-state index in [0.717, 1.165) is 5.56 Å². The Labute approximate surface area is 222 Å². The second-order valence-corrected chi connectivity index (χ2v) is 10.9. The minimum Gasteiger partial charge on any atom is -0.394 e. The molecule has 0 saturated carbocycles. The van der Waals surface area contributed by atoms with Gasteiger partial charge < -0.3 is 24.5 Å². The lowest BCUT2D eigenvalue weighted by molar-refractivity contribution is -0.152. The first-order valence-electron chi connectivity index (χ1n) is 13.0. The number of likely N-dealkylation sites (N-methyl/N-ethyl adjacent to an activating group) is 1. The van der Waals surface area contributed by atoms with E-state index in [9.17, 15) is 19.5 Å². The predicted molar refractivity (Wildman–Crippen MR) is 140 cm³/mol. The third kappa shape index (κ3) is 3.52. The summed E-state index contributed by atoms with van der Waals surface area (Å²) in [6, 6.07) is 3.79. The van der Waals surface area contributed by atoms with Crippen molar-refractivity contribution in [2.75, 3.05) is 31.6 Å². The number of nitrogens with zero attached hydrogens (tertiary/aromatic N) is 3. The first-order valence-corrected chi connectivity index (χ1v) is 13.3. The Balaban J connectivity index is 1.73. The molecule has 8 nitrogen and oxygen atoms in total. The standard InChI is InChI=1S/C28H34ClN3O5/c1-5-18(16-33)32-23-26(36)31(22-17(3)10-7-11-19(22)29)15-9-13-28(23)21(25(32)35)20-24(34)30(4)14-8-12-27(20,6-2)37-28/h7-13,18,20-21,23,33H,5-6,14-16H2,1-4H3/t18-,20+,21-,23?,27-,28-/m0/s1. The smallest absolute Gasteiger partial charge is 0.253 e. The van der Waals surface area contributed by atoms with Crippen molar-refractivity contribution in [3.05, 3.63) is 53.1 Å². The zero-order valence-corrected chi connectivity index (χ0v) is 22.4. The fourth-order valence-corrected chi connectivity index (χ4v) is 7.12. The lowest BCUT2D eigenvalue weighted by Gasteiger charge is -2.40. The van der Waals surface area contributed by atoms with Crippen LogP contribution in [-0.2, 0) is 19.1 Å². The Morgan fingerprint density at radius 2 is 1.81 bits per heavy atom. The quantitative estimate of drug-likeness (QED) is 0.595. The number of hydrogen-bond acceptors (Lipinski definition) is 5. The average Bonchev–Trinajstić information content (AvgIpc) is 3.18. The Morgan fingerprint density at radius 1 is 1.08 bits per heavy atom. The molecule has 1 spiro atoms. The molecule has 1 aromatic carbocycles. The van der Waals surface area contributed by atoms with Crippen molar-refractivity contribution in [1.82, 2.24) is 9.80 Å². The minimum absolute atomic E-state index is 0.177. The summed E-state index contributed by atoms with van der Waals surface area (Å²) in [5.41, 5.74) is -0.974. The Hall–Kier alpha value is -2.68. The summed E-state index contributed by atoms with van der Waals surface area (Å²) in [7, 11) is 1.72. The number of para-hydroxylation sites is 1. The van der Waals surface area contributed by atoms with Gasteiger partial charge in [-0.1, -0.05) is 61.9 Å². The number of carbonyl (C=O) groups is 3. The molecule has 198 valence electrons. The number of hydrogen-bond donors (Lipinski definition) is 1. The molecule has 1 unspecified atom stereocenters. The van der Waals surface area contributed by atoms with E-state index in [1.165, 1.54) is 4.90 Å². The van der Waals surface area contributed by atoms with Gasteiger partial charge in [-0.25, -0.2) is 0 Å². The highest BCUT2D eigenvalue weighted by Gasteiger charge is 2.75. The molecule has 9 heteroatoms. The van der Waals surface area contributed by atoms with Gasteiger partial charge in [0.1, 0.15) is 11.6 Å². The summed E-state index contributed by atoms with van der Waals surface area (Å²) >= 11 is 6.58. The number of aliphatic hydroxyl groups is 1. The highest BCUT2D eigenvalue weighted by molar-refractivity contribution is 6.34. The zero-order chi connectivity index (χ0) is 26.7. The topological polar surface area (TPSA) is 90.4 Å². The van der Waals surface area contributed by atoms with Gasteiger partial charge in [0.15, 0.2) is 0 Å². The number of carbonyl (C=O) groups excluding carboxylic acids is 3. The zero-order valence-electron chi connectivity index (χ0n) is 21.7. The van der Waals surface area contributed by atoms with Crippen LogP contribution in [0, 0.1) is 18.8 Å². The Morgan fingerprint density at radius 3 is 2.46 bits per heavy atom. The number of rotatable bonds is 5. The van der Waals surface area contributed by atoms with Crippen LogP contribution in [0.3, 0.4) is 0 Å². The lowest BCUT2D eigenvalue weighted by Crippen LogP contribution is -2.59. The van der Waals surface area contributed by atoms with Gasteiger partial charge >= 0.3 is 0 Å². The van der Waals surface area contributed by atoms with Gasteiger partial charge in [0.25, 0.3) is 5.91 Å². The van der Waals surface area contributed by atoms with E-state index in [-0.39, 0.29) is 30.9 Å². The van der Waals surface area contributed by atoms with Crippen LogP contribution >= 0.6 is 11.6 Å². The van der Waals surface area contributed by atoms with Gasteiger partial charge in [0.2, 0.25) is 11.8 Å². The summed E-state index contributed by atoms with van der Waals surface area (Å²) in [5.74, 6) is -2.54. The maximum absolute atomic E-state index is 14.5. The Bertz CT molecular complexity index is 1180. The second-order valence-electron chi connectivity index (χ2n) is 10.5. The number of aliphatic hydroxyl groups excluding tert-OH is 1. The van der Waals surface area contributed by atoms with Gasteiger partial charge in [0.05, 0.1) is 40.8 Å². The van der Waals surface area contributed by atoms with E-state index in [2.05, 4.69) is 0 Å². The van der Waals surface area contributed by atoms with Gasteiger partial charge in [0, 0.05) is 20.1 Å². The summed E-state index contributed by atoms with van der Waals surface area (Å²) in [5, 5.41) is 10.7. The molecular formula is C28H34ClN3O5.